The maximum atomic E-state index is 11.8. The second-order valence-electron chi connectivity index (χ2n) is 5.50. The highest BCUT2D eigenvalue weighted by Gasteiger charge is 2.24. The summed E-state index contributed by atoms with van der Waals surface area (Å²) in [6, 6.07) is 0.581. The van der Waals surface area contributed by atoms with Crippen molar-refractivity contribution in [1.29, 1.82) is 0 Å². The number of rotatable bonds is 5. The number of methoxy groups -OCH3 is 1. The number of hydrogen-bond donors (Lipinski definition) is 1. The highest BCUT2D eigenvalue weighted by molar-refractivity contribution is 5.77. The summed E-state index contributed by atoms with van der Waals surface area (Å²) in [4.78, 5) is 22.3. The zero-order valence-corrected chi connectivity index (χ0v) is 13.0. The lowest BCUT2D eigenvalue weighted by atomic mass is 10.0. The number of likely N-dealkylation sites (tertiary alicyclic amines) is 1. The van der Waals surface area contributed by atoms with E-state index in [-0.39, 0.29) is 18.6 Å². The maximum absolute atomic E-state index is 11.8. The van der Waals surface area contributed by atoms with Gasteiger partial charge in [-0.05, 0) is 26.7 Å². The van der Waals surface area contributed by atoms with Crippen LogP contribution in [0.1, 0.15) is 37.2 Å². The van der Waals surface area contributed by atoms with E-state index in [9.17, 15) is 4.79 Å². The topological polar surface area (TPSA) is 67.3 Å². The van der Waals surface area contributed by atoms with Gasteiger partial charge in [-0.1, -0.05) is 0 Å². The molecule has 1 saturated heterocycles. The van der Waals surface area contributed by atoms with Crippen LogP contribution in [0.2, 0.25) is 0 Å². The Hall–Kier alpha value is -1.53. The summed E-state index contributed by atoms with van der Waals surface area (Å²) in [5.41, 5.74) is 1.96. The summed E-state index contributed by atoms with van der Waals surface area (Å²) >= 11 is 0. The molecule has 116 valence electrons. The van der Waals surface area contributed by atoms with Gasteiger partial charge in [0.25, 0.3) is 0 Å². The van der Waals surface area contributed by atoms with Crippen LogP contribution in [0.15, 0.2) is 12.4 Å². The van der Waals surface area contributed by atoms with Gasteiger partial charge >= 0.3 is 0 Å². The molecular formula is C15H24N4O2. The Morgan fingerprint density at radius 3 is 2.71 bits per heavy atom. The molecule has 1 aromatic heterocycles. The van der Waals surface area contributed by atoms with E-state index in [1.807, 2.05) is 11.8 Å². The van der Waals surface area contributed by atoms with Crippen LogP contribution in [0.25, 0.3) is 0 Å². The second kappa shape index (κ2) is 7.47. The minimum Gasteiger partial charge on any atom is -0.375 e. The van der Waals surface area contributed by atoms with Crippen molar-refractivity contribution in [2.75, 3.05) is 26.8 Å². The lowest BCUT2D eigenvalue weighted by Gasteiger charge is -2.33. The molecule has 21 heavy (non-hydrogen) atoms. The molecule has 0 aromatic carbocycles. The number of hydrogen-bond acceptors (Lipinski definition) is 5. The fourth-order valence-electron chi connectivity index (χ4n) is 2.79. The second-order valence-corrected chi connectivity index (χ2v) is 5.50. The van der Waals surface area contributed by atoms with Crippen LogP contribution in [0.4, 0.5) is 0 Å². The Bertz CT molecular complexity index is 472. The molecule has 1 aliphatic rings. The highest BCUT2D eigenvalue weighted by Crippen LogP contribution is 2.17. The molecule has 1 aliphatic heterocycles. The molecule has 1 fully saturated rings. The van der Waals surface area contributed by atoms with E-state index in [0.29, 0.717) is 6.04 Å². The number of carbonyl (C=O) groups is 1. The molecule has 1 unspecified atom stereocenters. The van der Waals surface area contributed by atoms with Crippen LogP contribution in [0, 0.1) is 6.92 Å². The van der Waals surface area contributed by atoms with Crippen LogP contribution in [0.5, 0.6) is 0 Å². The predicted molar refractivity (Wildman–Crippen MR) is 79.8 cm³/mol. The quantitative estimate of drug-likeness (QED) is 0.879. The van der Waals surface area contributed by atoms with Crippen molar-refractivity contribution in [3.8, 4) is 0 Å². The minimum atomic E-state index is 0.0776. The van der Waals surface area contributed by atoms with Gasteiger partial charge in [-0.25, -0.2) is 0 Å². The number of ether oxygens (including phenoxy) is 1. The van der Waals surface area contributed by atoms with Crippen LogP contribution in [-0.2, 0) is 9.53 Å². The third kappa shape index (κ3) is 4.22. The van der Waals surface area contributed by atoms with E-state index < -0.39 is 0 Å². The lowest BCUT2D eigenvalue weighted by molar-refractivity contribution is -0.136. The van der Waals surface area contributed by atoms with Gasteiger partial charge in [-0.2, -0.15) is 0 Å². The van der Waals surface area contributed by atoms with E-state index in [0.717, 1.165) is 37.3 Å². The van der Waals surface area contributed by atoms with Crippen molar-refractivity contribution in [1.82, 2.24) is 20.2 Å². The van der Waals surface area contributed by atoms with Crippen molar-refractivity contribution in [3.63, 3.8) is 0 Å². The first-order valence-corrected chi connectivity index (χ1v) is 7.42. The van der Waals surface area contributed by atoms with Crippen molar-refractivity contribution < 1.29 is 9.53 Å². The third-order valence-corrected chi connectivity index (χ3v) is 3.93. The Kier molecular flexibility index (Phi) is 5.64. The Labute approximate surface area is 125 Å². The zero-order valence-electron chi connectivity index (χ0n) is 13.0. The van der Waals surface area contributed by atoms with Gasteiger partial charge in [0, 0.05) is 44.7 Å². The summed E-state index contributed by atoms with van der Waals surface area (Å²) < 4.78 is 4.90. The molecular weight excluding hydrogens is 268 g/mol. The molecule has 1 amide bonds. The number of amides is 1. The molecule has 1 atom stereocenters. The molecule has 0 spiro atoms. The van der Waals surface area contributed by atoms with E-state index in [4.69, 9.17) is 4.74 Å². The standard InChI is InChI=1S/C15H24N4O2/c1-11-15(17-7-6-16-11)12(2)18-13-4-8-19(9-5-13)14(20)10-21-3/h6-7,12-13,18H,4-5,8-10H2,1-3H3. The molecule has 0 aliphatic carbocycles. The van der Waals surface area contributed by atoms with Crippen molar-refractivity contribution >= 4 is 5.91 Å². The first-order chi connectivity index (χ1) is 10.1. The lowest BCUT2D eigenvalue weighted by Crippen LogP contribution is -2.46. The predicted octanol–water partition coefficient (Wildman–Crippen LogP) is 1.07. The van der Waals surface area contributed by atoms with Gasteiger partial charge in [-0.15, -0.1) is 0 Å². The van der Waals surface area contributed by atoms with E-state index >= 15 is 0 Å². The van der Waals surface area contributed by atoms with Gasteiger partial charge in [0.05, 0.1) is 11.4 Å². The molecule has 6 heteroatoms. The summed E-state index contributed by atoms with van der Waals surface area (Å²) in [6.07, 6.45) is 5.36. The van der Waals surface area contributed by atoms with Crippen LogP contribution in [-0.4, -0.2) is 53.6 Å². The Morgan fingerprint density at radius 1 is 1.43 bits per heavy atom. The number of piperidine rings is 1. The van der Waals surface area contributed by atoms with Crippen LogP contribution >= 0.6 is 0 Å². The molecule has 0 saturated carbocycles. The summed E-state index contributed by atoms with van der Waals surface area (Å²) in [5.74, 6) is 0.0776. The number of nitrogens with zero attached hydrogens (tertiary/aromatic N) is 3. The van der Waals surface area contributed by atoms with Crippen LogP contribution in [0.3, 0.4) is 0 Å². The first kappa shape index (κ1) is 15.9. The van der Waals surface area contributed by atoms with Gasteiger partial charge < -0.3 is 15.0 Å². The highest BCUT2D eigenvalue weighted by atomic mass is 16.5. The van der Waals surface area contributed by atoms with Gasteiger partial charge in [0.15, 0.2) is 0 Å². The minimum absolute atomic E-state index is 0.0776. The van der Waals surface area contributed by atoms with E-state index in [1.54, 1.807) is 19.5 Å². The Morgan fingerprint density at radius 2 is 2.10 bits per heavy atom. The fraction of sp³-hybridized carbons (Fsp3) is 0.667. The Balaban J connectivity index is 1.83. The van der Waals surface area contributed by atoms with Gasteiger partial charge in [-0.3, -0.25) is 14.8 Å². The first-order valence-electron chi connectivity index (χ1n) is 7.42. The molecule has 1 aromatic rings. The number of aromatic nitrogens is 2. The smallest absolute Gasteiger partial charge is 0.248 e. The summed E-state index contributed by atoms with van der Waals surface area (Å²) in [6.45, 7) is 5.83. The molecule has 2 heterocycles. The average molecular weight is 292 g/mol. The summed E-state index contributed by atoms with van der Waals surface area (Å²) in [5, 5.41) is 3.60. The van der Waals surface area contributed by atoms with Crippen molar-refractivity contribution in [2.45, 2.75) is 38.8 Å². The SMILES string of the molecule is COCC(=O)N1CCC(NC(C)c2nccnc2C)CC1. The number of nitrogens with one attached hydrogen (secondary N) is 1. The normalized spacial score (nSPS) is 17.8. The van der Waals surface area contributed by atoms with E-state index in [1.165, 1.54) is 0 Å². The molecule has 0 bridgehead atoms. The summed E-state index contributed by atoms with van der Waals surface area (Å²) in [7, 11) is 1.55. The molecule has 2 rings (SSSR count). The fourth-order valence-corrected chi connectivity index (χ4v) is 2.79. The maximum Gasteiger partial charge on any atom is 0.248 e. The number of carbonyl (C=O) groups excluding carboxylic acids is 1. The van der Waals surface area contributed by atoms with Gasteiger partial charge in [0.2, 0.25) is 5.91 Å². The third-order valence-electron chi connectivity index (χ3n) is 3.93. The number of aryl methyl sites for hydroxylation is 1. The van der Waals surface area contributed by atoms with Crippen molar-refractivity contribution in [3.05, 3.63) is 23.8 Å². The molecule has 6 nitrogen and oxygen atoms in total. The molecule has 0 radical (unpaired) electrons. The monoisotopic (exact) mass is 292 g/mol. The molecule has 1 N–H and O–H groups in total. The average Bonchev–Trinajstić information content (AvgIpc) is 2.48. The van der Waals surface area contributed by atoms with E-state index in [2.05, 4.69) is 22.2 Å². The largest absolute Gasteiger partial charge is 0.375 e. The van der Waals surface area contributed by atoms with Crippen molar-refractivity contribution in [2.24, 2.45) is 0 Å². The van der Waals surface area contributed by atoms with Crippen LogP contribution < -0.4 is 5.32 Å². The van der Waals surface area contributed by atoms with Gasteiger partial charge in [0.1, 0.15) is 6.61 Å². The zero-order chi connectivity index (χ0) is 15.2.